The summed E-state index contributed by atoms with van der Waals surface area (Å²) in [5, 5.41) is 9.72. The molecular weight excluding hydrogens is 233 g/mol. The molecule has 94 valence electrons. The summed E-state index contributed by atoms with van der Waals surface area (Å²) >= 11 is 0. The first kappa shape index (κ1) is 13.7. The predicted molar refractivity (Wildman–Crippen MR) is 56.7 cm³/mol. The maximum atomic E-state index is 12.7. The topological polar surface area (TPSA) is 37.3 Å². The molecule has 0 saturated heterocycles. The Balaban J connectivity index is 3.29. The Hall–Kier alpha value is -1.36. The van der Waals surface area contributed by atoms with E-state index in [0.29, 0.717) is 0 Å². The van der Waals surface area contributed by atoms with E-state index in [0.717, 1.165) is 12.1 Å². The number of hydrogen-bond acceptors (Lipinski definition) is 2. The van der Waals surface area contributed by atoms with Gasteiger partial charge in [0.1, 0.15) is 5.60 Å². The second-order valence-corrected chi connectivity index (χ2v) is 4.00. The van der Waals surface area contributed by atoms with Crippen LogP contribution in [0.4, 0.5) is 13.2 Å². The molecule has 0 saturated carbocycles. The van der Waals surface area contributed by atoms with Crippen LogP contribution in [0.3, 0.4) is 0 Å². The molecule has 0 amide bonds. The smallest absolute Gasteiger partial charge is 0.382 e. The van der Waals surface area contributed by atoms with Gasteiger partial charge in [0.25, 0.3) is 0 Å². The minimum absolute atomic E-state index is 0.0536. The van der Waals surface area contributed by atoms with E-state index < -0.39 is 28.7 Å². The fourth-order valence-corrected chi connectivity index (χ4v) is 1.38. The fourth-order valence-electron chi connectivity index (χ4n) is 1.38. The van der Waals surface area contributed by atoms with E-state index in [1.165, 1.54) is 26.0 Å². The Kier molecular flexibility index (Phi) is 3.62. The molecule has 1 unspecified atom stereocenters. The molecule has 17 heavy (non-hydrogen) atoms. The molecule has 0 aromatic heterocycles. The summed E-state index contributed by atoms with van der Waals surface area (Å²) in [7, 11) is 0. The van der Waals surface area contributed by atoms with Crippen molar-refractivity contribution < 1.29 is 23.1 Å². The highest BCUT2D eigenvalue weighted by Gasteiger charge is 2.38. The molecule has 0 aliphatic carbocycles. The van der Waals surface area contributed by atoms with Crippen LogP contribution in [0.5, 0.6) is 0 Å². The number of rotatable bonds is 3. The third-order valence-electron chi connectivity index (χ3n) is 2.65. The van der Waals surface area contributed by atoms with E-state index in [9.17, 15) is 23.1 Å². The number of alkyl halides is 3. The summed E-state index contributed by atoms with van der Waals surface area (Å²) in [5.41, 5.74) is -3.29. The average Bonchev–Trinajstić information content (AvgIpc) is 2.27. The molecule has 0 aliphatic heterocycles. The zero-order chi connectivity index (χ0) is 13.3. The van der Waals surface area contributed by atoms with Crippen LogP contribution >= 0.6 is 0 Å². The molecule has 0 fully saturated rings. The second-order valence-electron chi connectivity index (χ2n) is 4.00. The van der Waals surface area contributed by atoms with Gasteiger partial charge in [0.2, 0.25) is 0 Å². The van der Waals surface area contributed by atoms with Crippen molar-refractivity contribution in [1.82, 2.24) is 0 Å². The van der Waals surface area contributed by atoms with Crippen molar-refractivity contribution in [2.24, 2.45) is 0 Å². The number of ketones is 1. The monoisotopic (exact) mass is 246 g/mol. The van der Waals surface area contributed by atoms with Gasteiger partial charge in [-0.05, 0) is 19.4 Å². The van der Waals surface area contributed by atoms with Crippen molar-refractivity contribution in [1.29, 1.82) is 0 Å². The highest BCUT2D eigenvalue weighted by molar-refractivity contribution is 6.03. The maximum absolute atomic E-state index is 12.7. The summed E-state index contributed by atoms with van der Waals surface area (Å²) < 4.78 is 38.0. The standard InChI is InChI=1S/C12H13F3O2/c1-3-11(2,17)10(16)8-6-4-5-7-9(8)12(13,14)15/h4-7,17H,3H2,1-2H3. The van der Waals surface area contributed by atoms with E-state index in [2.05, 4.69) is 0 Å². The first-order chi connectivity index (χ1) is 7.70. The Bertz CT molecular complexity index is 422. The molecular formula is C12H13F3O2. The van der Waals surface area contributed by atoms with Crippen LogP contribution in [0.15, 0.2) is 24.3 Å². The Morgan fingerprint density at radius 1 is 1.29 bits per heavy atom. The third-order valence-corrected chi connectivity index (χ3v) is 2.65. The number of Topliss-reactive ketones (excluding diaryl/α,β-unsaturated/α-hetero) is 1. The highest BCUT2D eigenvalue weighted by Crippen LogP contribution is 2.33. The Labute approximate surface area is 97.1 Å². The first-order valence-electron chi connectivity index (χ1n) is 5.13. The number of carbonyl (C=O) groups is 1. The van der Waals surface area contributed by atoms with Crippen molar-refractivity contribution in [2.75, 3.05) is 0 Å². The molecule has 0 heterocycles. The number of benzene rings is 1. The molecule has 5 heteroatoms. The lowest BCUT2D eigenvalue weighted by molar-refractivity contribution is -0.138. The van der Waals surface area contributed by atoms with Crippen molar-refractivity contribution in [3.05, 3.63) is 35.4 Å². The predicted octanol–water partition coefficient (Wildman–Crippen LogP) is 3.05. The van der Waals surface area contributed by atoms with Crippen LogP contribution in [0.25, 0.3) is 0 Å². The third kappa shape index (κ3) is 2.85. The molecule has 0 radical (unpaired) electrons. The van der Waals surface area contributed by atoms with Gasteiger partial charge < -0.3 is 5.11 Å². The largest absolute Gasteiger partial charge is 0.417 e. The van der Waals surface area contributed by atoms with Crippen molar-refractivity contribution in [3.8, 4) is 0 Å². The average molecular weight is 246 g/mol. The second kappa shape index (κ2) is 4.49. The van der Waals surface area contributed by atoms with E-state index in [-0.39, 0.29) is 6.42 Å². The van der Waals surface area contributed by atoms with E-state index in [1.807, 2.05) is 0 Å². The van der Waals surface area contributed by atoms with E-state index in [1.54, 1.807) is 0 Å². The number of carbonyl (C=O) groups excluding carboxylic acids is 1. The van der Waals surface area contributed by atoms with Crippen LogP contribution in [-0.4, -0.2) is 16.5 Å². The van der Waals surface area contributed by atoms with Gasteiger partial charge in [0, 0.05) is 5.56 Å². The lowest BCUT2D eigenvalue weighted by atomic mass is 9.89. The zero-order valence-corrected chi connectivity index (χ0v) is 9.51. The van der Waals surface area contributed by atoms with Gasteiger partial charge in [0.05, 0.1) is 5.56 Å². The summed E-state index contributed by atoms with van der Waals surface area (Å²) in [6, 6.07) is 4.46. The number of hydrogen-bond donors (Lipinski definition) is 1. The molecule has 0 spiro atoms. The molecule has 1 aromatic rings. The van der Waals surface area contributed by atoms with Gasteiger partial charge in [-0.25, -0.2) is 0 Å². The van der Waals surface area contributed by atoms with Crippen LogP contribution in [0.1, 0.15) is 36.2 Å². The van der Waals surface area contributed by atoms with Crippen LogP contribution in [0.2, 0.25) is 0 Å². The Morgan fingerprint density at radius 3 is 2.29 bits per heavy atom. The van der Waals surface area contributed by atoms with Crippen LogP contribution < -0.4 is 0 Å². The summed E-state index contributed by atoms with van der Waals surface area (Å²) in [6.07, 6.45) is -4.55. The molecule has 0 bridgehead atoms. The lowest BCUT2D eigenvalue weighted by Gasteiger charge is -2.21. The number of aliphatic hydroxyl groups is 1. The van der Waals surface area contributed by atoms with E-state index in [4.69, 9.17) is 0 Å². The van der Waals surface area contributed by atoms with Crippen LogP contribution in [-0.2, 0) is 6.18 Å². The van der Waals surface area contributed by atoms with Crippen molar-refractivity contribution in [2.45, 2.75) is 32.0 Å². The molecule has 2 nitrogen and oxygen atoms in total. The highest BCUT2D eigenvalue weighted by atomic mass is 19.4. The summed E-state index contributed by atoms with van der Waals surface area (Å²) in [5.74, 6) is -0.909. The SMILES string of the molecule is CCC(C)(O)C(=O)c1ccccc1C(F)(F)F. The van der Waals surface area contributed by atoms with Gasteiger partial charge in [0.15, 0.2) is 5.78 Å². The first-order valence-corrected chi connectivity index (χ1v) is 5.13. The van der Waals surface area contributed by atoms with E-state index >= 15 is 0 Å². The van der Waals surface area contributed by atoms with Gasteiger partial charge in [-0.3, -0.25) is 4.79 Å². The molecule has 1 N–H and O–H groups in total. The van der Waals surface area contributed by atoms with Crippen molar-refractivity contribution in [3.63, 3.8) is 0 Å². The molecule has 1 atom stereocenters. The fraction of sp³-hybridized carbons (Fsp3) is 0.417. The number of halogens is 3. The normalized spacial score (nSPS) is 15.4. The van der Waals surface area contributed by atoms with Gasteiger partial charge >= 0.3 is 6.18 Å². The minimum Gasteiger partial charge on any atom is -0.382 e. The molecule has 1 aromatic carbocycles. The van der Waals surface area contributed by atoms with Crippen LogP contribution in [0, 0.1) is 0 Å². The Morgan fingerprint density at radius 2 is 1.82 bits per heavy atom. The molecule has 0 aliphatic rings. The summed E-state index contributed by atoms with van der Waals surface area (Å²) in [6.45, 7) is 2.75. The van der Waals surface area contributed by atoms with Gasteiger partial charge in [-0.15, -0.1) is 0 Å². The summed E-state index contributed by atoms with van der Waals surface area (Å²) in [4.78, 5) is 11.8. The van der Waals surface area contributed by atoms with Crippen molar-refractivity contribution >= 4 is 5.78 Å². The van der Waals surface area contributed by atoms with Gasteiger partial charge in [-0.1, -0.05) is 25.1 Å². The maximum Gasteiger partial charge on any atom is 0.417 e. The minimum atomic E-state index is -4.60. The molecule has 1 rings (SSSR count). The zero-order valence-electron chi connectivity index (χ0n) is 9.51. The quantitative estimate of drug-likeness (QED) is 0.832. The lowest BCUT2D eigenvalue weighted by Crippen LogP contribution is -2.35. The van der Waals surface area contributed by atoms with Gasteiger partial charge in [-0.2, -0.15) is 13.2 Å².